The van der Waals surface area contributed by atoms with Gasteiger partial charge in [-0.15, -0.1) is 0 Å². The maximum atomic E-state index is 5.46. The van der Waals surface area contributed by atoms with Gasteiger partial charge < -0.3 is 10.2 Å². The van der Waals surface area contributed by atoms with Gasteiger partial charge in [0.25, 0.3) is 0 Å². The molecule has 0 amide bonds. The van der Waals surface area contributed by atoms with E-state index in [0.29, 0.717) is 5.82 Å². The zero-order valence-corrected chi connectivity index (χ0v) is 8.28. The van der Waals surface area contributed by atoms with E-state index in [4.69, 9.17) is 10.2 Å². The zero-order chi connectivity index (χ0) is 9.26. The topological polar surface area (TPSA) is 52.0 Å². The van der Waals surface area contributed by atoms with Gasteiger partial charge in [-0.3, -0.25) is 0 Å². The molecule has 0 fully saturated rings. The Kier molecular flexibility index (Phi) is 2.06. The number of halogens is 1. The van der Waals surface area contributed by atoms with Crippen LogP contribution in [0.3, 0.4) is 0 Å². The predicted molar refractivity (Wildman–Crippen MR) is 54.1 cm³/mol. The molecule has 2 aromatic heterocycles. The van der Waals surface area contributed by atoms with Crippen molar-refractivity contribution >= 4 is 21.7 Å². The maximum Gasteiger partial charge on any atom is 0.149 e. The summed E-state index contributed by atoms with van der Waals surface area (Å²) in [5.74, 6) is 1.28. The number of pyridine rings is 1. The molecule has 2 N–H and O–H groups in total. The van der Waals surface area contributed by atoms with Gasteiger partial charge in [-0.25, -0.2) is 4.98 Å². The first-order valence-electron chi connectivity index (χ1n) is 3.72. The minimum atomic E-state index is 0.506. The quantitative estimate of drug-likeness (QED) is 0.832. The van der Waals surface area contributed by atoms with Crippen LogP contribution in [0.25, 0.3) is 11.3 Å². The second-order valence-electron chi connectivity index (χ2n) is 2.57. The normalized spacial score (nSPS) is 10.2. The van der Waals surface area contributed by atoms with Gasteiger partial charge in [0.05, 0.1) is 10.7 Å². The van der Waals surface area contributed by atoms with E-state index in [2.05, 4.69) is 20.9 Å². The van der Waals surface area contributed by atoms with E-state index in [0.717, 1.165) is 15.8 Å². The third kappa shape index (κ3) is 1.58. The molecule has 0 atom stereocenters. The minimum Gasteiger partial charge on any atom is -0.463 e. The molecule has 0 aliphatic heterocycles. The van der Waals surface area contributed by atoms with Crippen molar-refractivity contribution in [2.75, 3.05) is 5.73 Å². The summed E-state index contributed by atoms with van der Waals surface area (Å²) in [5, 5.41) is 0. The smallest absolute Gasteiger partial charge is 0.149 e. The zero-order valence-electron chi connectivity index (χ0n) is 6.70. The number of rotatable bonds is 1. The Morgan fingerprint density at radius 1 is 1.31 bits per heavy atom. The van der Waals surface area contributed by atoms with Crippen LogP contribution in [0.2, 0.25) is 0 Å². The summed E-state index contributed by atoms with van der Waals surface area (Å²) in [6.07, 6.45) is 3.30. The van der Waals surface area contributed by atoms with Crippen molar-refractivity contribution in [2.24, 2.45) is 0 Å². The first-order valence-corrected chi connectivity index (χ1v) is 4.51. The summed E-state index contributed by atoms with van der Waals surface area (Å²) in [5.41, 5.74) is 6.37. The van der Waals surface area contributed by atoms with Gasteiger partial charge >= 0.3 is 0 Å². The third-order valence-electron chi connectivity index (χ3n) is 1.67. The van der Waals surface area contributed by atoms with Gasteiger partial charge in [0, 0.05) is 11.8 Å². The molecule has 66 valence electrons. The summed E-state index contributed by atoms with van der Waals surface area (Å²) in [6, 6.07) is 5.45. The molecule has 4 heteroatoms. The molecule has 0 unspecified atom stereocenters. The van der Waals surface area contributed by atoms with Gasteiger partial charge in [-0.2, -0.15) is 0 Å². The molecule has 2 heterocycles. The lowest BCUT2D eigenvalue weighted by atomic mass is 10.2. The fourth-order valence-corrected chi connectivity index (χ4v) is 1.47. The number of hydrogen-bond donors (Lipinski definition) is 1. The first-order chi connectivity index (χ1) is 6.27. The fourth-order valence-electron chi connectivity index (χ4n) is 1.04. The van der Waals surface area contributed by atoms with Crippen LogP contribution in [-0.4, -0.2) is 4.98 Å². The van der Waals surface area contributed by atoms with Crippen LogP contribution < -0.4 is 5.73 Å². The van der Waals surface area contributed by atoms with Crippen LogP contribution in [-0.2, 0) is 0 Å². The highest BCUT2D eigenvalue weighted by molar-refractivity contribution is 9.10. The minimum absolute atomic E-state index is 0.506. The molecule has 0 aromatic carbocycles. The van der Waals surface area contributed by atoms with Gasteiger partial charge in [0.15, 0.2) is 0 Å². The predicted octanol–water partition coefficient (Wildman–Crippen LogP) is 2.69. The standard InChI is InChI=1S/C9H7BrN2O/c10-7-3-4-13-9(7)6-1-2-8(11)12-5-6/h1-5H,(H2,11,12). The second-order valence-corrected chi connectivity index (χ2v) is 3.42. The Hall–Kier alpha value is -1.29. The first kappa shape index (κ1) is 8.31. The van der Waals surface area contributed by atoms with E-state index in [1.165, 1.54) is 0 Å². The van der Waals surface area contributed by atoms with Crippen molar-refractivity contribution in [2.45, 2.75) is 0 Å². The van der Waals surface area contributed by atoms with Crippen molar-refractivity contribution in [1.29, 1.82) is 0 Å². The summed E-state index contributed by atoms with van der Waals surface area (Å²) < 4.78 is 6.18. The average molecular weight is 239 g/mol. The number of nitrogens with zero attached hydrogens (tertiary/aromatic N) is 1. The third-order valence-corrected chi connectivity index (χ3v) is 2.29. The Morgan fingerprint density at radius 3 is 2.69 bits per heavy atom. The van der Waals surface area contributed by atoms with E-state index in [9.17, 15) is 0 Å². The molecule has 0 radical (unpaired) electrons. The monoisotopic (exact) mass is 238 g/mol. The lowest BCUT2D eigenvalue weighted by Gasteiger charge is -1.97. The van der Waals surface area contributed by atoms with Crippen LogP contribution in [0, 0.1) is 0 Å². The number of anilines is 1. The van der Waals surface area contributed by atoms with Crippen LogP contribution >= 0.6 is 15.9 Å². The summed E-state index contributed by atoms with van der Waals surface area (Å²) in [7, 11) is 0. The summed E-state index contributed by atoms with van der Waals surface area (Å²) in [4.78, 5) is 3.97. The molecule has 0 saturated heterocycles. The molecular weight excluding hydrogens is 232 g/mol. The van der Waals surface area contributed by atoms with E-state index < -0.39 is 0 Å². The molecule has 0 saturated carbocycles. The molecule has 13 heavy (non-hydrogen) atoms. The Labute approximate surface area is 83.7 Å². The Bertz CT molecular complexity index is 408. The lowest BCUT2D eigenvalue weighted by molar-refractivity contribution is 0.581. The molecule has 2 rings (SSSR count). The number of nitrogen functional groups attached to an aromatic ring is 1. The van der Waals surface area contributed by atoms with Crippen molar-refractivity contribution in [1.82, 2.24) is 4.98 Å². The molecule has 2 aromatic rings. The average Bonchev–Trinajstić information content (AvgIpc) is 2.53. The highest BCUT2D eigenvalue weighted by atomic mass is 79.9. The van der Waals surface area contributed by atoms with Gasteiger partial charge in [0.2, 0.25) is 0 Å². The molecule has 3 nitrogen and oxygen atoms in total. The SMILES string of the molecule is Nc1ccc(-c2occc2Br)cn1. The van der Waals surface area contributed by atoms with Crippen molar-refractivity contribution in [3.05, 3.63) is 35.1 Å². The van der Waals surface area contributed by atoms with E-state index in [-0.39, 0.29) is 0 Å². The van der Waals surface area contributed by atoms with Gasteiger partial charge in [-0.1, -0.05) is 0 Å². The molecule has 0 aliphatic carbocycles. The van der Waals surface area contributed by atoms with E-state index >= 15 is 0 Å². The van der Waals surface area contributed by atoms with E-state index in [1.807, 2.05) is 12.1 Å². The maximum absolute atomic E-state index is 5.46. The molecular formula is C9H7BrN2O. The summed E-state index contributed by atoms with van der Waals surface area (Å²) >= 11 is 3.37. The molecule has 0 bridgehead atoms. The van der Waals surface area contributed by atoms with E-state index in [1.54, 1.807) is 18.5 Å². The Balaban J connectivity index is 2.47. The van der Waals surface area contributed by atoms with Crippen LogP contribution in [0.1, 0.15) is 0 Å². The van der Waals surface area contributed by atoms with Crippen molar-refractivity contribution < 1.29 is 4.42 Å². The number of aromatic nitrogens is 1. The second kappa shape index (κ2) is 3.22. The largest absolute Gasteiger partial charge is 0.463 e. The van der Waals surface area contributed by atoms with Crippen LogP contribution in [0.15, 0.2) is 39.5 Å². The van der Waals surface area contributed by atoms with Gasteiger partial charge in [0.1, 0.15) is 11.6 Å². The number of furan rings is 1. The molecule has 0 aliphatic rings. The molecule has 0 spiro atoms. The van der Waals surface area contributed by atoms with Crippen LogP contribution in [0.5, 0.6) is 0 Å². The van der Waals surface area contributed by atoms with Gasteiger partial charge in [-0.05, 0) is 34.1 Å². The Morgan fingerprint density at radius 2 is 2.15 bits per heavy atom. The highest BCUT2D eigenvalue weighted by Gasteiger charge is 2.05. The van der Waals surface area contributed by atoms with Crippen molar-refractivity contribution in [3.8, 4) is 11.3 Å². The number of nitrogens with two attached hydrogens (primary N) is 1. The van der Waals surface area contributed by atoms with Crippen LogP contribution in [0.4, 0.5) is 5.82 Å². The van der Waals surface area contributed by atoms with Crippen molar-refractivity contribution in [3.63, 3.8) is 0 Å². The summed E-state index contributed by atoms with van der Waals surface area (Å²) in [6.45, 7) is 0. The highest BCUT2D eigenvalue weighted by Crippen LogP contribution is 2.28. The number of hydrogen-bond acceptors (Lipinski definition) is 3. The fraction of sp³-hybridized carbons (Fsp3) is 0. The lowest BCUT2D eigenvalue weighted by Crippen LogP contribution is -1.88.